The Kier molecular flexibility index (Phi) is 3.26. The molecule has 4 heteroatoms. The second-order valence-electron chi connectivity index (χ2n) is 4.08. The van der Waals surface area contributed by atoms with Gasteiger partial charge < -0.3 is 10.1 Å². The van der Waals surface area contributed by atoms with Crippen molar-refractivity contribution >= 4 is 23.4 Å². The average Bonchev–Trinajstić information content (AvgIpc) is 2.81. The predicted octanol–water partition coefficient (Wildman–Crippen LogP) is 3.67. The largest absolute Gasteiger partial charge is 0.506 e. The van der Waals surface area contributed by atoms with Crippen molar-refractivity contribution < 1.29 is 5.11 Å². The Balaban J connectivity index is 0.00000120. The summed E-state index contributed by atoms with van der Waals surface area (Å²) in [5, 5.41) is 9.78. The molecule has 0 bridgehead atoms. The highest BCUT2D eigenvalue weighted by Gasteiger charge is 2.09. The fraction of sp³-hybridized carbons (Fsp3) is 0.0714. The van der Waals surface area contributed by atoms with E-state index in [1.54, 1.807) is 6.07 Å². The molecule has 0 fully saturated rings. The molecule has 1 heterocycles. The number of benzene rings is 2. The number of rotatable bonds is 1. The molecule has 0 spiro atoms. The summed E-state index contributed by atoms with van der Waals surface area (Å²) in [7, 11) is 0. The summed E-state index contributed by atoms with van der Waals surface area (Å²) >= 11 is 0. The van der Waals surface area contributed by atoms with Gasteiger partial charge in [-0.3, -0.25) is 0 Å². The molecule has 3 nitrogen and oxygen atoms in total. The molecular formula is C14H13ClN2O. The van der Waals surface area contributed by atoms with Crippen molar-refractivity contribution in [1.82, 2.24) is 9.97 Å². The van der Waals surface area contributed by atoms with Crippen molar-refractivity contribution in [3.05, 3.63) is 48.0 Å². The fourth-order valence-corrected chi connectivity index (χ4v) is 1.94. The van der Waals surface area contributed by atoms with Gasteiger partial charge in [-0.2, -0.15) is 0 Å². The summed E-state index contributed by atoms with van der Waals surface area (Å²) in [6.45, 7) is 1.98. The molecular weight excluding hydrogens is 248 g/mol. The molecule has 18 heavy (non-hydrogen) atoms. The number of aromatic nitrogens is 2. The Hall–Kier alpha value is -2.00. The van der Waals surface area contributed by atoms with Gasteiger partial charge in [-0.05, 0) is 18.6 Å². The minimum Gasteiger partial charge on any atom is -0.506 e. The lowest BCUT2D eigenvalue weighted by Crippen LogP contribution is -1.78. The molecule has 0 amide bonds. The van der Waals surface area contributed by atoms with Crippen LogP contribution in [-0.4, -0.2) is 15.1 Å². The predicted molar refractivity (Wildman–Crippen MR) is 75.2 cm³/mol. The minimum atomic E-state index is 0. The van der Waals surface area contributed by atoms with E-state index in [0.717, 1.165) is 22.5 Å². The molecule has 0 atom stereocenters. The molecule has 2 aromatic carbocycles. The van der Waals surface area contributed by atoms with Crippen LogP contribution in [0.15, 0.2) is 42.5 Å². The number of H-pyrrole nitrogens is 1. The number of hydrogen-bond donors (Lipinski definition) is 2. The Morgan fingerprint density at radius 3 is 2.44 bits per heavy atom. The number of halogens is 1. The highest BCUT2D eigenvalue weighted by Crippen LogP contribution is 2.28. The molecule has 0 unspecified atom stereocenters. The van der Waals surface area contributed by atoms with E-state index in [9.17, 15) is 5.11 Å². The van der Waals surface area contributed by atoms with Crippen LogP contribution in [0.5, 0.6) is 5.75 Å². The number of fused-ring (bicyclic) bond motifs is 1. The van der Waals surface area contributed by atoms with Crippen LogP contribution in [0.25, 0.3) is 22.4 Å². The first-order chi connectivity index (χ1) is 8.25. The number of hydrogen-bond acceptors (Lipinski definition) is 2. The smallest absolute Gasteiger partial charge is 0.141 e. The van der Waals surface area contributed by atoms with Gasteiger partial charge in [0.05, 0.1) is 5.52 Å². The van der Waals surface area contributed by atoms with E-state index >= 15 is 0 Å². The topological polar surface area (TPSA) is 48.9 Å². The third-order valence-electron chi connectivity index (χ3n) is 2.87. The average molecular weight is 261 g/mol. The van der Waals surface area contributed by atoms with E-state index in [2.05, 4.69) is 9.97 Å². The summed E-state index contributed by atoms with van der Waals surface area (Å²) in [5.74, 6) is 1.02. The van der Waals surface area contributed by atoms with Gasteiger partial charge in [-0.1, -0.05) is 36.4 Å². The van der Waals surface area contributed by atoms with Crippen molar-refractivity contribution in [2.24, 2.45) is 0 Å². The molecule has 3 aromatic rings. The van der Waals surface area contributed by atoms with Gasteiger partial charge in [0, 0.05) is 5.56 Å². The normalized spacial score (nSPS) is 10.3. The maximum Gasteiger partial charge on any atom is 0.141 e. The number of imidazole rings is 1. The number of aromatic amines is 1. The molecule has 2 N–H and O–H groups in total. The molecule has 0 radical (unpaired) electrons. The first kappa shape index (κ1) is 12.5. The summed E-state index contributed by atoms with van der Waals surface area (Å²) < 4.78 is 0. The van der Waals surface area contributed by atoms with Gasteiger partial charge in [0.2, 0.25) is 0 Å². The number of aryl methyl sites for hydroxylation is 1. The van der Waals surface area contributed by atoms with Crippen LogP contribution in [0.1, 0.15) is 5.56 Å². The Bertz CT molecular complexity index is 638. The maximum atomic E-state index is 9.78. The molecule has 92 valence electrons. The first-order valence-electron chi connectivity index (χ1n) is 5.49. The van der Waals surface area contributed by atoms with Crippen LogP contribution in [0, 0.1) is 6.92 Å². The van der Waals surface area contributed by atoms with E-state index in [-0.39, 0.29) is 18.2 Å². The van der Waals surface area contributed by atoms with Gasteiger partial charge in [-0.25, -0.2) is 4.98 Å². The molecule has 1 aromatic heterocycles. The van der Waals surface area contributed by atoms with Crippen molar-refractivity contribution in [3.63, 3.8) is 0 Å². The highest BCUT2D eigenvalue weighted by molar-refractivity contribution is 5.87. The van der Waals surface area contributed by atoms with Crippen LogP contribution >= 0.6 is 12.4 Å². The van der Waals surface area contributed by atoms with Gasteiger partial charge >= 0.3 is 0 Å². The fourth-order valence-electron chi connectivity index (χ4n) is 1.94. The second kappa shape index (κ2) is 4.70. The number of nitrogens with one attached hydrogen (secondary N) is 1. The Morgan fingerprint density at radius 1 is 1.06 bits per heavy atom. The summed E-state index contributed by atoms with van der Waals surface area (Å²) in [4.78, 5) is 7.69. The van der Waals surface area contributed by atoms with Crippen LogP contribution < -0.4 is 0 Å². The zero-order valence-electron chi connectivity index (χ0n) is 9.84. The summed E-state index contributed by atoms with van der Waals surface area (Å²) in [6.07, 6.45) is 0. The summed E-state index contributed by atoms with van der Waals surface area (Å²) in [6, 6.07) is 13.4. The van der Waals surface area contributed by atoms with Crippen LogP contribution in [0.3, 0.4) is 0 Å². The third kappa shape index (κ3) is 1.93. The maximum absolute atomic E-state index is 9.78. The zero-order valence-corrected chi connectivity index (χ0v) is 10.7. The molecule has 0 aliphatic heterocycles. The van der Waals surface area contributed by atoms with E-state index in [0.29, 0.717) is 5.52 Å². The zero-order chi connectivity index (χ0) is 11.8. The summed E-state index contributed by atoms with van der Waals surface area (Å²) in [5.41, 5.74) is 3.59. The van der Waals surface area contributed by atoms with E-state index in [1.165, 1.54) is 0 Å². The Labute approximate surface area is 111 Å². The van der Waals surface area contributed by atoms with Crippen molar-refractivity contribution in [3.8, 4) is 17.1 Å². The molecule has 0 saturated carbocycles. The highest BCUT2D eigenvalue weighted by atomic mass is 35.5. The number of nitrogens with zero attached hydrogens (tertiary/aromatic N) is 1. The molecule has 0 aliphatic carbocycles. The molecule has 3 rings (SSSR count). The minimum absolute atomic E-state index is 0. The standard InChI is InChI=1S/C14H12N2O.ClH/c1-9-7-8-11(17)13-12(9)15-14(16-13)10-5-3-2-4-6-10;/h2-8,17H,1H3,(H,15,16);1H. The number of aromatic hydroxyl groups is 1. The van der Waals surface area contributed by atoms with E-state index in [4.69, 9.17) is 0 Å². The monoisotopic (exact) mass is 260 g/mol. The van der Waals surface area contributed by atoms with Crippen LogP contribution in [-0.2, 0) is 0 Å². The third-order valence-corrected chi connectivity index (χ3v) is 2.87. The van der Waals surface area contributed by atoms with Gasteiger partial charge in [0.1, 0.15) is 17.1 Å². The van der Waals surface area contributed by atoms with Gasteiger partial charge in [-0.15, -0.1) is 12.4 Å². The lowest BCUT2D eigenvalue weighted by atomic mass is 10.2. The van der Waals surface area contributed by atoms with Crippen molar-refractivity contribution in [2.75, 3.05) is 0 Å². The lowest BCUT2D eigenvalue weighted by Gasteiger charge is -1.95. The van der Waals surface area contributed by atoms with E-state index < -0.39 is 0 Å². The van der Waals surface area contributed by atoms with Crippen molar-refractivity contribution in [2.45, 2.75) is 6.92 Å². The van der Waals surface area contributed by atoms with Crippen LogP contribution in [0.4, 0.5) is 0 Å². The molecule has 0 saturated heterocycles. The van der Waals surface area contributed by atoms with Crippen molar-refractivity contribution in [1.29, 1.82) is 0 Å². The molecule has 0 aliphatic rings. The quantitative estimate of drug-likeness (QED) is 0.701. The SMILES string of the molecule is Cc1ccc(O)c2[nH]c(-c3ccccc3)nc12.Cl. The van der Waals surface area contributed by atoms with Crippen LogP contribution in [0.2, 0.25) is 0 Å². The number of phenols is 1. The van der Waals surface area contributed by atoms with Gasteiger partial charge in [0.25, 0.3) is 0 Å². The number of phenolic OH excluding ortho intramolecular Hbond substituents is 1. The Morgan fingerprint density at radius 2 is 1.78 bits per heavy atom. The lowest BCUT2D eigenvalue weighted by molar-refractivity contribution is 0.480. The van der Waals surface area contributed by atoms with E-state index in [1.807, 2.05) is 43.3 Å². The second-order valence-corrected chi connectivity index (χ2v) is 4.08. The van der Waals surface area contributed by atoms with Gasteiger partial charge in [0.15, 0.2) is 0 Å². The first-order valence-corrected chi connectivity index (χ1v) is 5.49.